The van der Waals surface area contributed by atoms with E-state index in [-0.39, 0.29) is 5.56 Å². The van der Waals surface area contributed by atoms with Gasteiger partial charge in [0.2, 0.25) is 5.56 Å². The standard InChI is InChI=1S/C16H20N2O3/c1-4-21-15-9-12(5-7-14(15)20-3)10-17-13-6-8-16(19)18(2)11-13/h5-9,11,17H,4,10H2,1-3H3. The van der Waals surface area contributed by atoms with Gasteiger partial charge < -0.3 is 19.4 Å². The van der Waals surface area contributed by atoms with Crippen molar-refractivity contribution in [3.63, 3.8) is 0 Å². The van der Waals surface area contributed by atoms with Crippen molar-refractivity contribution >= 4 is 5.69 Å². The predicted octanol–water partition coefficient (Wildman–Crippen LogP) is 2.40. The number of aromatic nitrogens is 1. The maximum absolute atomic E-state index is 11.3. The summed E-state index contributed by atoms with van der Waals surface area (Å²) in [5.41, 5.74) is 1.95. The summed E-state index contributed by atoms with van der Waals surface area (Å²) in [6, 6.07) is 9.15. The molecule has 0 amide bonds. The highest BCUT2D eigenvalue weighted by molar-refractivity contribution is 5.45. The molecule has 112 valence electrons. The number of benzene rings is 1. The van der Waals surface area contributed by atoms with Crippen LogP contribution in [0.25, 0.3) is 0 Å². The van der Waals surface area contributed by atoms with Crippen molar-refractivity contribution in [2.75, 3.05) is 19.0 Å². The lowest BCUT2D eigenvalue weighted by Crippen LogP contribution is -2.15. The maximum atomic E-state index is 11.3. The molecule has 1 N–H and O–H groups in total. The van der Waals surface area contributed by atoms with Gasteiger partial charge in [-0.05, 0) is 30.7 Å². The average Bonchev–Trinajstić information content (AvgIpc) is 2.49. The number of anilines is 1. The zero-order chi connectivity index (χ0) is 15.2. The Balaban J connectivity index is 2.10. The van der Waals surface area contributed by atoms with Gasteiger partial charge in [0, 0.05) is 25.9 Å². The molecule has 1 aromatic heterocycles. The Morgan fingerprint density at radius 2 is 2.00 bits per heavy atom. The molecule has 0 aliphatic heterocycles. The van der Waals surface area contributed by atoms with Crippen LogP contribution in [0.1, 0.15) is 12.5 Å². The van der Waals surface area contributed by atoms with E-state index in [0.29, 0.717) is 13.2 Å². The fourth-order valence-corrected chi connectivity index (χ4v) is 2.00. The van der Waals surface area contributed by atoms with Gasteiger partial charge in [-0.3, -0.25) is 4.79 Å². The van der Waals surface area contributed by atoms with Crippen molar-refractivity contribution in [2.45, 2.75) is 13.5 Å². The van der Waals surface area contributed by atoms with Crippen LogP contribution in [0.3, 0.4) is 0 Å². The van der Waals surface area contributed by atoms with E-state index < -0.39 is 0 Å². The number of rotatable bonds is 6. The van der Waals surface area contributed by atoms with Gasteiger partial charge in [0.15, 0.2) is 11.5 Å². The number of methoxy groups -OCH3 is 1. The van der Waals surface area contributed by atoms with Crippen molar-refractivity contribution in [1.29, 1.82) is 0 Å². The molecule has 0 aliphatic rings. The third-order valence-corrected chi connectivity index (χ3v) is 3.11. The molecule has 0 atom stereocenters. The molecule has 5 nitrogen and oxygen atoms in total. The van der Waals surface area contributed by atoms with Crippen molar-refractivity contribution < 1.29 is 9.47 Å². The van der Waals surface area contributed by atoms with Crippen molar-refractivity contribution in [3.8, 4) is 11.5 Å². The molecule has 2 rings (SSSR count). The number of nitrogens with zero attached hydrogens (tertiary/aromatic N) is 1. The summed E-state index contributed by atoms with van der Waals surface area (Å²) in [6.07, 6.45) is 1.77. The minimum absolute atomic E-state index is 0.0244. The van der Waals surface area contributed by atoms with Gasteiger partial charge in [-0.15, -0.1) is 0 Å². The van der Waals surface area contributed by atoms with Crippen LogP contribution in [0.15, 0.2) is 41.3 Å². The highest BCUT2D eigenvalue weighted by Gasteiger charge is 2.05. The van der Waals surface area contributed by atoms with E-state index in [4.69, 9.17) is 9.47 Å². The number of hydrogen-bond donors (Lipinski definition) is 1. The first-order valence-electron chi connectivity index (χ1n) is 6.84. The molecule has 0 saturated heterocycles. The van der Waals surface area contributed by atoms with Gasteiger partial charge in [-0.25, -0.2) is 0 Å². The fourth-order valence-electron chi connectivity index (χ4n) is 2.00. The van der Waals surface area contributed by atoms with Crippen LogP contribution in [0.4, 0.5) is 5.69 Å². The van der Waals surface area contributed by atoms with Crippen molar-refractivity contribution in [1.82, 2.24) is 4.57 Å². The number of aryl methyl sites for hydroxylation is 1. The van der Waals surface area contributed by atoms with Gasteiger partial charge in [-0.2, -0.15) is 0 Å². The number of nitrogens with one attached hydrogen (secondary N) is 1. The summed E-state index contributed by atoms with van der Waals surface area (Å²) in [4.78, 5) is 11.3. The maximum Gasteiger partial charge on any atom is 0.250 e. The first-order valence-corrected chi connectivity index (χ1v) is 6.84. The molecule has 1 aromatic carbocycles. The van der Waals surface area contributed by atoms with Crippen LogP contribution in [0, 0.1) is 0 Å². The molecule has 1 heterocycles. The normalized spacial score (nSPS) is 10.2. The lowest BCUT2D eigenvalue weighted by molar-refractivity contribution is 0.310. The molecule has 0 bridgehead atoms. The molecule has 0 radical (unpaired) electrons. The molecule has 21 heavy (non-hydrogen) atoms. The van der Waals surface area contributed by atoms with Crippen molar-refractivity contribution in [3.05, 3.63) is 52.4 Å². The Morgan fingerprint density at radius 1 is 1.19 bits per heavy atom. The smallest absolute Gasteiger partial charge is 0.250 e. The predicted molar refractivity (Wildman–Crippen MR) is 83.2 cm³/mol. The zero-order valence-electron chi connectivity index (χ0n) is 12.6. The molecule has 5 heteroatoms. The molecule has 2 aromatic rings. The van der Waals surface area contributed by atoms with Crippen LogP contribution < -0.4 is 20.3 Å². The highest BCUT2D eigenvalue weighted by atomic mass is 16.5. The molecule has 0 saturated carbocycles. The minimum atomic E-state index is -0.0244. The Labute approximate surface area is 124 Å². The Hall–Kier alpha value is -2.43. The molecule has 0 unspecified atom stereocenters. The van der Waals surface area contributed by atoms with E-state index in [1.165, 1.54) is 0 Å². The van der Waals surface area contributed by atoms with Gasteiger partial charge in [-0.1, -0.05) is 6.07 Å². The highest BCUT2D eigenvalue weighted by Crippen LogP contribution is 2.28. The van der Waals surface area contributed by atoms with Gasteiger partial charge >= 0.3 is 0 Å². The third kappa shape index (κ3) is 3.78. The van der Waals surface area contributed by atoms with Gasteiger partial charge in [0.1, 0.15) is 0 Å². The number of pyridine rings is 1. The van der Waals surface area contributed by atoms with E-state index in [1.54, 1.807) is 37.1 Å². The van der Waals surface area contributed by atoms with Crippen LogP contribution in [0.5, 0.6) is 11.5 Å². The van der Waals surface area contributed by atoms with Gasteiger partial charge in [0.05, 0.1) is 19.4 Å². The lowest BCUT2D eigenvalue weighted by Gasteiger charge is -2.12. The number of ether oxygens (including phenoxy) is 2. The molecular weight excluding hydrogens is 268 g/mol. The van der Waals surface area contributed by atoms with E-state index in [2.05, 4.69) is 5.32 Å². The first kappa shape index (κ1) is 15.0. The Morgan fingerprint density at radius 3 is 2.67 bits per heavy atom. The van der Waals surface area contributed by atoms with E-state index in [9.17, 15) is 4.79 Å². The quantitative estimate of drug-likeness (QED) is 0.887. The van der Waals surface area contributed by atoms with Crippen LogP contribution in [0.2, 0.25) is 0 Å². The summed E-state index contributed by atoms with van der Waals surface area (Å²) in [5.74, 6) is 1.46. The topological polar surface area (TPSA) is 52.5 Å². The Bertz CT molecular complexity index is 665. The van der Waals surface area contributed by atoms with Crippen LogP contribution >= 0.6 is 0 Å². The fraction of sp³-hybridized carbons (Fsp3) is 0.312. The molecule has 0 spiro atoms. The molecule has 0 aliphatic carbocycles. The second-order valence-electron chi connectivity index (χ2n) is 4.64. The average molecular weight is 288 g/mol. The third-order valence-electron chi connectivity index (χ3n) is 3.11. The summed E-state index contributed by atoms with van der Waals surface area (Å²) in [7, 11) is 3.36. The Kier molecular flexibility index (Phi) is 4.87. The first-order chi connectivity index (χ1) is 10.1. The SMILES string of the molecule is CCOc1cc(CNc2ccc(=O)n(C)c2)ccc1OC. The minimum Gasteiger partial charge on any atom is -0.493 e. The van der Waals surface area contributed by atoms with E-state index in [0.717, 1.165) is 22.7 Å². The van der Waals surface area contributed by atoms with E-state index in [1.807, 2.05) is 25.1 Å². The zero-order valence-corrected chi connectivity index (χ0v) is 12.6. The summed E-state index contributed by atoms with van der Waals surface area (Å²) < 4.78 is 12.4. The second-order valence-corrected chi connectivity index (χ2v) is 4.64. The lowest BCUT2D eigenvalue weighted by atomic mass is 10.2. The van der Waals surface area contributed by atoms with Gasteiger partial charge in [0.25, 0.3) is 0 Å². The second kappa shape index (κ2) is 6.83. The summed E-state index contributed by atoms with van der Waals surface area (Å²) in [5, 5.41) is 3.28. The van der Waals surface area contributed by atoms with Crippen molar-refractivity contribution in [2.24, 2.45) is 7.05 Å². The van der Waals surface area contributed by atoms with Crippen LogP contribution in [-0.2, 0) is 13.6 Å². The van der Waals surface area contributed by atoms with E-state index >= 15 is 0 Å². The largest absolute Gasteiger partial charge is 0.493 e. The number of hydrogen-bond acceptors (Lipinski definition) is 4. The van der Waals surface area contributed by atoms with Crippen LogP contribution in [-0.4, -0.2) is 18.3 Å². The summed E-state index contributed by atoms with van der Waals surface area (Å²) >= 11 is 0. The molecule has 0 fully saturated rings. The monoisotopic (exact) mass is 288 g/mol. The summed E-state index contributed by atoms with van der Waals surface area (Å²) in [6.45, 7) is 3.17. The molecular formula is C16H20N2O3.